The molecule has 0 rings (SSSR count). The minimum atomic E-state index is 0.0702. The zero-order chi connectivity index (χ0) is 10.3. The fraction of sp³-hybridized carbons (Fsp3) is 0.900. The van der Waals surface area contributed by atoms with Crippen LogP contribution in [-0.4, -0.2) is 17.8 Å². The van der Waals surface area contributed by atoms with Crippen LogP contribution in [0.3, 0.4) is 0 Å². The lowest BCUT2D eigenvalue weighted by Crippen LogP contribution is -2.29. The monoisotopic (exact) mass is 205 g/mol. The van der Waals surface area contributed by atoms with Gasteiger partial charge in [-0.05, 0) is 18.8 Å². The first kappa shape index (κ1) is 12.8. The summed E-state index contributed by atoms with van der Waals surface area (Å²) in [7, 11) is 0. The van der Waals surface area contributed by atoms with E-state index in [9.17, 15) is 4.79 Å². The Morgan fingerprint density at radius 1 is 1.46 bits per heavy atom. The third-order valence-corrected chi connectivity index (χ3v) is 2.06. The van der Waals surface area contributed by atoms with E-state index in [4.69, 9.17) is 11.6 Å². The summed E-state index contributed by atoms with van der Waals surface area (Å²) in [4.78, 5) is 11.1. The summed E-state index contributed by atoms with van der Waals surface area (Å²) in [6.07, 6.45) is 2.45. The van der Waals surface area contributed by atoms with E-state index in [1.54, 1.807) is 0 Å². The van der Waals surface area contributed by atoms with Crippen molar-refractivity contribution in [2.75, 3.05) is 6.54 Å². The van der Waals surface area contributed by atoms with E-state index in [0.717, 1.165) is 12.8 Å². The fourth-order valence-electron chi connectivity index (χ4n) is 1.13. The van der Waals surface area contributed by atoms with Gasteiger partial charge in [-0.15, -0.1) is 11.6 Å². The SMILES string of the molecule is CCCC(=O)NCC(Cl)CC(C)C. The van der Waals surface area contributed by atoms with Gasteiger partial charge in [0.2, 0.25) is 5.91 Å². The van der Waals surface area contributed by atoms with Crippen LogP contribution in [0.5, 0.6) is 0 Å². The molecule has 0 saturated carbocycles. The Morgan fingerprint density at radius 3 is 2.54 bits per heavy atom. The third kappa shape index (κ3) is 8.10. The van der Waals surface area contributed by atoms with Gasteiger partial charge < -0.3 is 5.32 Å². The van der Waals surface area contributed by atoms with Crippen LogP contribution in [-0.2, 0) is 4.79 Å². The van der Waals surface area contributed by atoms with E-state index in [0.29, 0.717) is 18.9 Å². The Labute approximate surface area is 86.0 Å². The summed E-state index contributed by atoms with van der Waals surface area (Å²) in [5, 5.41) is 2.89. The second-order valence-electron chi connectivity index (χ2n) is 3.78. The Kier molecular flexibility index (Phi) is 7.06. The molecule has 0 heterocycles. The van der Waals surface area contributed by atoms with Crippen LogP contribution < -0.4 is 5.32 Å². The molecule has 1 amide bonds. The highest BCUT2D eigenvalue weighted by Gasteiger charge is 2.08. The van der Waals surface area contributed by atoms with Gasteiger partial charge in [-0.3, -0.25) is 4.79 Å². The Morgan fingerprint density at radius 2 is 2.08 bits per heavy atom. The van der Waals surface area contributed by atoms with Crippen molar-refractivity contribution in [3.05, 3.63) is 0 Å². The molecule has 0 saturated heterocycles. The van der Waals surface area contributed by atoms with Gasteiger partial charge in [-0.2, -0.15) is 0 Å². The van der Waals surface area contributed by atoms with Crippen molar-refractivity contribution in [2.24, 2.45) is 5.92 Å². The van der Waals surface area contributed by atoms with E-state index in [1.165, 1.54) is 0 Å². The molecule has 0 aromatic heterocycles. The first-order valence-electron chi connectivity index (χ1n) is 4.97. The maximum atomic E-state index is 11.1. The van der Waals surface area contributed by atoms with E-state index in [-0.39, 0.29) is 11.3 Å². The van der Waals surface area contributed by atoms with Crippen molar-refractivity contribution in [3.63, 3.8) is 0 Å². The molecular weight excluding hydrogens is 186 g/mol. The van der Waals surface area contributed by atoms with Gasteiger partial charge in [-0.25, -0.2) is 0 Å². The van der Waals surface area contributed by atoms with Crippen molar-refractivity contribution in [3.8, 4) is 0 Å². The molecule has 1 atom stereocenters. The molecule has 0 spiro atoms. The smallest absolute Gasteiger partial charge is 0.220 e. The van der Waals surface area contributed by atoms with Crippen LogP contribution in [0.1, 0.15) is 40.0 Å². The normalized spacial score (nSPS) is 13.0. The molecule has 1 N–H and O–H groups in total. The van der Waals surface area contributed by atoms with Gasteiger partial charge in [-0.1, -0.05) is 20.8 Å². The summed E-state index contributed by atoms with van der Waals surface area (Å²) in [6.45, 7) is 6.84. The van der Waals surface area contributed by atoms with Crippen LogP contribution in [0.2, 0.25) is 0 Å². The lowest BCUT2D eigenvalue weighted by Gasteiger charge is -2.12. The van der Waals surface area contributed by atoms with Crippen molar-refractivity contribution in [1.82, 2.24) is 5.32 Å². The molecule has 0 aliphatic rings. The summed E-state index contributed by atoms with van der Waals surface area (Å²) in [5.74, 6) is 0.697. The molecule has 1 unspecified atom stereocenters. The fourth-order valence-corrected chi connectivity index (χ4v) is 1.57. The van der Waals surface area contributed by atoms with Crippen LogP contribution in [0.25, 0.3) is 0 Å². The highest BCUT2D eigenvalue weighted by atomic mass is 35.5. The highest BCUT2D eigenvalue weighted by Crippen LogP contribution is 2.09. The molecule has 0 radical (unpaired) electrons. The molecule has 0 aromatic rings. The quantitative estimate of drug-likeness (QED) is 0.664. The van der Waals surface area contributed by atoms with Crippen LogP contribution in [0.4, 0.5) is 0 Å². The minimum Gasteiger partial charge on any atom is -0.355 e. The van der Waals surface area contributed by atoms with Gasteiger partial charge in [0.15, 0.2) is 0 Å². The van der Waals surface area contributed by atoms with Crippen LogP contribution in [0, 0.1) is 5.92 Å². The number of rotatable bonds is 6. The number of alkyl halides is 1. The molecule has 78 valence electrons. The number of carbonyl (C=O) groups is 1. The topological polar surface area (TPSA) is 29.1 Å². The van der Waals surface area contributed by atoms with E-state index >= 15 is 0 Å². The van der Waals surface area contributed by atoms with Gasteiger partial charge in [0, 0.05) is 13.0 Å². The standard InChI is InChI=1S/C10H20ClNO/c1-4-5-10(13)12-7-9(11)6-8(2)3/h8-9H,4-7H2,1-3H3,(H,12,13). The number of carbonyl (C=O) groups excluding carboxylic acids is 1. The van der Waals surface area contributed by atoms with E-state index in [2.05, 4.69) is 19.2 Å². The average Bonchev–Trinajstić information content (AvgIpc) is 2.00. The summed E-state index contributed by atoms with van der Waals surface area (Å²) in [5.41, 5.74) is 0. The summed E-state index contributed by atoms with van der Waals surface area (Å²) in [6, 6.07) is 0. The van der Waals surface area contributed by atoms with Crippen LogP contribution >= 0.6 is 11.6 Å². The number of halogens is 1. The second kappa shape index (κ2) is 7.19. The Hall–Kier alpha value is -0.240. The minimum absolute atomic E-state index is 0.0702. The molecule has 0 aliphatic carbocycles. The lowest BCUT2D eigenvalue weighted by atomic mass is 10.1. The maximum Gasteiger partial charge on any atom is 0.220 e. The number of hydrogen-bond acceptors (Lipinski definition) is 1. The number of amides is 1. The van der Waals surface area contributed by atoms with Gasteiger partial charge in [0.1, 0.15) is 0 Å². The molecular formula is C10H20ClNO. The molecule has 3 heteroatoms. The molecule has 2 nitrogen and oxygen atoms in total. The summed E-state index contributed by atoms with van der Waals surface area (Å²) < 4.78 is 0. The maximum absolute atomic E-state index is 11.1. The van der Waals surface area contributed by atoms with Crippen molar-refractivity contribution in [1.29, 1.82) is 0 Å². The molecule has 0 aromatic carbocycles. The Balaban J connectivity index is 3.45. The largest absolute Gasteiger partial charge is 0.355 e. The molecule has 0 bridgehead atoms. The predicted molar refractivity (Wildman–Crippen MR) is 57.0 cm³/mol. The first-order valence-corrected chi connectivity index (χ1v) is 5.40. The highest BCUT2D eigenvalue weighted by molar-refractivity contribution is 6.20. The van der Waals surface area contributed by atoms with Gasteiger partial charge in [0.05, 0.1) is 5.38 Å². The third-order valence-electron chi connectivity index (χ3n) is 1.72. The number of nitrogens with one attached hydrogen (secondary N) is 1. The summed E-state index contributed by atoms with van der Waals surface area (Å²) >= 11 is 6.01. The first-order chi connectivity index (χ1) is 6.06. The predicted octanol–water partition coefficient (Wildman–Crippen LogP) is 2.56. The van der Waals surface area contributed by atoms with E-state index < -0.39 is 0 Å². The molecule has 0 fully saturated rings. The average molecular weight is 206 g/mol. The Bertz CT molecular complexity index is 148. The number of hydrogen-bond donors (Lipinski definition) is 1. The zero-order valence-corrected chi connectivity index (χ0v) is 9.53. The van der Waals surface area contributed by atoms with Gasteiger partial charge in [0.25, 0.3) is 0 Å². The second-order valence-corrected chi connectivity index (χ2v) is 4.40. The lowest BCUT2D eigenvalue weighted by molar-refractivity contribution is -0.121. The van der Waals surface area contributed by atoms with Crippen LogP contribution in [0.15, 0.2) is 0 Å². The van der Waals surface area contributed by atoms with Crippen molar-refractivity contribution >= 4 is 17.5 Å². The van der Waals surface area contributed by atoms with Crippen molar-refractivity contribution in [2.45, 2.75) is 45.4 Å². The van der Waals surface area contributed by atoms with Gasteiger partial charge >= 0.3 is 0 Å². The van der Waals surface area contributed by atoms with E-state index in [1.807, 2.05) is 6.92 Å². The zero-order valence-electron chi connectivity index (χ0n) is 8.77. The molecule has 0 aliphatic heterocycles. The molecule has 13 heavy (non-hydrogen) atoms. The van der Waals surface area contributed by atoms with Crippen molar-refractivity contribution < 1.29 is 4.79 Å².